The van der Waals surface area contributed by atoms with Gasteiger partial charge in [-0.25, -0.2) is 8.42 Å². The molecule has 1 amide bonds. The highest BCUT2D eigenvalue weighted by Crippen LogP contribution is 2.47. The number of benzene rings is 1. The van der Waals surface area contributed by atoms with Gasteiger partial charge in [0.15, 0.2) is 0 Å². The molecule has 7 heteroatoms. The van der Waals surface area contributed by atoms with Gasteiger partial charge in [0.25, 0.3) is 5.91 Å². The van der Waals surface area contributed by atoms with Crippen LogP contribution in [0.1, 0.15) is 24.8 Å². The van der Waals surface area contributed by atoms with E-state index in [4.69, 9.17) is 5.73 Å². The van der Waals surface area contributed by atoms with Crippen LogP contribution in [0.4, 0.5) is 0 Å². The van der Waals surface area contributed by atoms with Gasteiger partial charge < -0.3 is 5.73 Å². The lowest BCUT2D eigenvalue weighted by Gasteiger charge is -2.19. The van der Waals surface area contributed by atoms with Gasteiger partial charge in [0.1, 0.15) is 5.54 Å². The maximum absolute atomic E-state index is 12.6. The minimum atomic E-state index is -3.73. The molecular weight excluding hydrogens is 336 g/mol. The summed E-state index contributed by atoms with van der Waals surface area (Å²) in [6, 6.07) is 9.45. The molecule has 0 radical (unpaired) electrons. The van der Waals surface area contributed by atoms with E-state index in [-0.39, 0.29) is 18.3 Å². The quantitative estimate of drug-likeness (QED) is 0.756. The summed E-state index contributed by atoms with van der Waals surface area (Å²) in [6.07, 6.45) is 3.59. The van der Waals surface area contributed by atoms with Crippen molar-refractivity contribution in [2.75, 3.05) is 0 Å². The number of hydrogen-bond acceptors (Lipinski definition) is 4. The number of nitrogens with two attached hydrogens (primary N) is 1. The number of hydrogen-bond donors (Lipinski definition) is 2. The molecule has 2 aliphatic rings. The molecule has 0 aliphatic heterocycles. The van der Waals surface area contributed by atoms with Crippen molar-refractivity contribution in [1.29, 1.82) is 0 Å². The molecule has 0 heterocycles. The Labute approximate surface area is 142 Å². The molecule has 0 aromatic heterocycles. The summed E-state index contributed by atoms with van der Waals surface area (Å²) >= 11 is 0. The lowest BCUT2D eigenvalue weighted by atomic mass is 10.1. The highest BCUT2D eigenvalue weighted by atomic mass is 35.5. The summed E-state index contributed by atoms with van der Waals surface area (Å²) in [5, 5.41) is 0. The van der Waals surface area contributed by atoms with Gasteiger partial charge in [0, 0.05) is 5.92 Å². The molecule has 3 rings (SSSR count). The molecule has 126 valence electrons. The third-order valence-electron chi connectivity index (χ3n) is 4.74. The third kappa shape index (κ3) is 3.16. The number of halogens is 1. The van der Waals surface area contributed by atoms with Gasteiger partial charge in [-0.1, -0.05) is 36.4 Å². The fourth-order valence-electron chi connectivity index (χ4n) is 2.83. The molecule has 0 unspecified atom stereocenters. The van der Waals surface area contributed by atoms with Gasteiger partial charge in [-0.3, -0.25) is 9.52 Å². The van der Waals surface area contributed by atoms with Crippen molar-refractivity contribution in [3.63, 3.8) is 0 Å². The van der Waals surface area contributed by atoms with Gasteiger partial charge in [-0.2, -0.15) is 0 Å². The maximum atomic E-state index is 12.6. The minimum absolute atomic E-state index is 0. The average Bonchev–Trinajstić information content (AvgIpc) is 3.37. The Balaban J connectivity index is 0.00000192. The third-order valence-corrected chi connectivity index (χ3v) is 6.89. The van der Waals surface area contributed by atoms with Crippen LogP contribution in [0.5, 0.6) is 0 Å². The molecule has 0 bridgehead atoms. The van der Waals surface area contributed by atoms with E-state index in [1.165, 1.54) is 0 Å². The summed E-state index contributed by atoms with van der Waals surface area (Å²) < 4.78 is 26.5. The number of nitrogens with one attached hydrogen (secondary N) is 1. The summed E-state index contributed by atoms with van der Waals surface area (Å²) in [4.78, 5) is 12.2. The number of carbonyl (C=O) groups excluding carboxylic acids is 1. The van der Waals surface area contributed by atoms with Crippen molar-refractivity contribution in [3.8, 4) is 0 Å². The van der Waals surface area contributed by atoms with Crippen molar-refractivity contribution in [3.05, 3.63) is 48.6 Å². The summed E-state index contributed by atoms with van der Waals surface area (Å²) in [5.41, 5.74) is 5.76. The molecule has 3 N–H and O–H groups in total. The van der Waals surface area contributed by atoms with E-state index in [0.717, 1.165) is 5.56 Å². The summed E-state index contributed by atoms with van der Waals surface area (Å²) in [5.74, 6) is -0.760. The first-order chi connectivity index (χ1) is 10.3. The van der Waals surface area contributed by atoms with Gasteiger partial charge in [-0.05, 0) is 31.2 Å². The Morgan fingerprint density at radius 1 is 1.35 bits per heavy atom. The number of amides is 1. The monoisotopic (exact) mass is 356 g/mol. The van der Waals surface area contributed by atoms with Crippen LogP contribution < -0.4 is 10.5 Å². The fraction of sp³-hybridized carbons (Fsp3) is 0.438. The van der Waals surface area contributed by atoms with Gasteiger partial charge in [0.05, 0.1) is 4.75 Å². The van der Waals surface area contributed by atoms with Crippen LogP contribution in [0.2, 0.25) is 0 Å². The van der Waals surface area contributed by atoms with Crippen LogP contribution >= 0.6 is 12.4 Å². The molecule has 0 saturated heterocycles. The molecular formula is C16H21ClN2O3S. The molecule has 2 aliphatic carbocycles. The molecule has 2 atom stereocenters. The van der Waals surface area contributed by atoms with E-state index in [1.54, 1.807) is 6.08 Å². The highest BCUT2D eigenvalue weighted by Gasteiger charge is 2.60. The van der Waals surface area contributed by atoms with E-state index in [1.807, 2.05) is 30.3 Å². The van der Waals surface area contributed by atoms with Crippen molar-refractivity contribution in [2.24, 2.45) is 11.7 Å². The van der Waals surface area contributed by atoms with Crippen molar-refractivity contribution >= 4 is 28.3 Å². The van der Waals surface area contributed by atoms with Gasteiger partial charge >= 0.3 is 0 Å². The zero-order chi connectivity index (χ0) is 16.0. The van der Waals surface area contributed by atoms with Crippen LogP contribution in [0, 0.1) is 5.92 Å². The number of carbonyl (C=O) groups is 1. The van der Waals surface area contributed by atoms with Gasteiger partial charge in [-0.15, -0.1) is 19.0 Å². The second kappa shape index (κ2) is 5.92. The number of sulfonamides is 1. The maximum Gasteiger partial charge on any atom is 0.254 e. The Morgan fingerprint density at radius 3 is 2.43 bits per heavy atom. The van der Waals surface area contributed by atoms with E-state index < -0.39 is 26.2 Å². The molecule has 5 nitrogen and oxygen atoms in total. The van der Waals surface area contributed by atoms with Crippen LogP contribution in [-0.2, 0) is 21.2 Å². The first kappa shape index (κ1) is 18.0. The van der Waals surface area contributed by atoms with E-state index in [9.17, 15) is 13.2 Å². The highest BCUT2D eigenvalue weighted by molar-refractivity contribution is 7.91. The lowest BCUT2D eigenvalue weighted by molar-refractivity contribution is -0.121. The van der Waals surface area contributed by atoms with Crippen LogP contribution in [0.25, 0.3) is 0 Å². The van der Waals surface area contributed by atoms with Crippen LogP contribution in [0.3, 0.4) is 0 Å². The predicted molar refractivity (Wildman–Crippen MR) is 91.6 cm³/mol. The zero-order valence-corrected chi connectivity index (χ0v) is 14.3. The van der Waals surface area contributed by atoms with Crippen molar-refractivity contribution in [2.45, 2.75) is 36.0 Å². The molecule has 2 fully saturated rings. The lowest BCUT2D eigenvalue weighted by Crippen LogP contribution is -2.50. The van der Waals surface area contributed by atoms with Gasteiger partial charge in [0.2, 0.25) is 10.0 Å². The van der Waals surface area contributed by atoms with E-state index in [0.29, 0.717) is 25.7 Å². The second-order valence-corrected chi connectivity index (χ2v) is 8.44. The van der Waals surface area contributed by atoms with Crippen molar-refractivity contribution < 1.29 is 13.2 Å². The first-order valence-corrected chi connectivity index (χ1v) is 8.83. The molecule has 2 saturated carbocycles. The normalized spacial score (nSPS) is 27.4. The van der Waals surface area contributed by atoms with E-state index in [2.05, 4.69) is 11.3 Å². The molecule has 1 aromatic rings. The topological polar surface area (TPSA) is 89.3 Å². The SMILES string of the molecule is C=C[C@@H]1C[C@]1(N)C(=O)NS(=O)(=O)C1(Cc2ccccc2)CC1.Cl. The average molecular weight is 357 g/mol. The summed E-state index contributed by atoms with van der Waals surface area (Å²) in [7, 11) is -3.73. The Hall–Kier alpha value is -1.37. The zero-order valence-electron chi connectivity index (χ0n) is 12.7. The Morgan fingerprint density at radius 2 is 1.96 bits per heavy atom. The van der Waals surface area contributed by atoms with Crippen LogP contribution in [0.15, 0.2) is 43.0 Å². The Bertz CT molecular complexity index is 716. The molecule has 1 aromatic carbocycles. The molecule has 0 spiro atoms. The standard InChI is InChI=1S/C16H20N2O3S.ClH/c1-2-13-11-16(13,17)14(19)18-22(20,21)15(8-9-15)10-12-6-4-3-5-7-12;/h2-7,13H,1,8-11,17H2,(H,18,19);1H/t13-,16-;/m1./s1. The largest absolute Gasteiger partial charge is 0.317 e. The Kier molecular flexibility index (Phi) is 4.63. The second-order valence-electron chi connectivity index (χ2n) is 6.37. The summed E-state index contributed by atoms with van der Waals surface area (Å²) in [6.45, 7) is 3.60. The first-order valence-electron chi connectivity index (χ1n) is 7.35. The van der Waals surface area contributed by atoms with Crippen LogP contribution in [-0.4, -0.2) is 24.6 Å². The fourth-order valence-corrected chi connectivity index (χ4v) is 4.48. The predicted octanol–water partition coefficient (Wildman–Crippen LogP) is 1.53. The van der Waals surface area contributed by atoms with Crippen molar-refractivity contribution in [1.82, 2.24) is 4.72 Å². The minimum Gasteiger partial charge on any atom is -0.317 e. The smallest absolute Gasteiger partial charge is 0.254 e. The molecule has 23 heavy (non-hydrogen) atoms. The van der Waals surface area contributed by atoms with E-state index >= 15 is 0 Å². The number of rotatable bonds is 6.